The first-order valence-corrected chi connectivity index (χ1v) is 6.60. The van der Waals surface area contributed by atoms with Gasteiger partial charge in [0.25, 0.3) is 0 Å². The van der Waals surface area contributed by atoms with Crippen LogP contribution in [0, 0.1) is 0 Å². The van der Waals surface area contributed by atoms with E-state index in [2.05, 4.69) is 25.6 Å². The highest BCUT2D eigenvalue weighted by Crippen LogP contribution is 2.20. The van der Waals surface area contributed by atoms with Crippen LogP contribution in [0.1, 0.15) is 13.8 Å². The SMILES string of the molecule is CC(C)Nc1cc(-c2cccnc2)nc(NCCO)n1. The fourth-order valence-electron chi connectivity index (χ4n) is 1.73. The van der Waals surface area contributed by atoms with Crippen molar-refractivity contribution in [1.29, 1.82) is 0 Å². The molecule has 0 saturated heterocycles. The quantitative estimate of drug-likeness (QED) is 0.744. The van der Waals surface area contributed by atoms with E-state index in [1.807, 2.05) is 32.0 Å². The van der Waals surface area contributed by atoms with Crippen molar-refractivity contribution in [3.63, 3.8) is 0 Å². The third kappa shape index (κ3) is 3.89. The number of nitrogens with zero attached hydrogens (tertiary/aromatic N) is 3. The molecule has 106 valence electrons. The van der Waals surface area contributed by atoms with E-state index in [0.29, 0.717) is 12.5 Å². The lowest BCUT2D eigenvalue weighted by atomic mass is 10.2. The molecule has 2 aromatic heterocycles. The zero-order chi connectivity index (χ0) is 14.4. The topological polar surface area (TPSA) is 83.0 Å². The number of anilines is 2. The number of hydrogen-bond donors (Lipinski definition) is 3. The summed E-state index contributed by atoms with van der Waals surface area (Å²) in [5.41, 5.74) is 1.71. The summed E-state index contributed by atoms with van der Waals surface area (Å²) < 4.78 is 0. The molecule has 0 radical (unpaired) electrons. The minimum absolute atomic E-state index is 0.0351. The molecule has 2 heterocycles. The number of aromatic nitrogens is 3. The highest BCUT2D eigenvalue weighted by atomic mass is 16.3. The summed E-state index contributed by atoms with van der Waals surface area (Å²) in [7, 11) is 0. The minimum atomic E-state index is 0.0351. The second-order valence-corrected chi connectivity index (χ2v) is 4.65. The van der Waals surface area contributed by atoms with Crippen molar-refractivity contribution in [3.05, 3.63) is 30.6 Å². The van der Waals surface area contributed by atoms with E-state index >= 15 is 0 Å². The van der Waals surface area contributed by atoms with Gasteiger partial charge in [-0.25, -0.2) is 4.98 Å². The van der Waals surface area contributed by atoms with Gasteiger partial charge in [-0.15, -0.1) is 0 Å². The molecule has 6 heteroatoms. The van der Waals surface area contributed by atoms with Crippen LogP contribution in [0.25, 0.3) is 11.3 Å². The summed E-state index contributed by atoms with van der Waals surface area (Å²) in [6, 6.07) is 5.98. The van der Waals surface area contributed by atoms with Gasteiger partial charge in [-0.3, -0.25) is 4.98 Å². The average molecular weight is 273 g/mol. The van der Waals surface area contributed by atoms with Crippen LogP contribution in [0.15, 0.2) is 30.6 Å². The number of aliphatic hydroxyl groups is 1. The fraction of sp³-hybridized carbons (Fsp3) is 0.357. The maximum Gasteiger partial charge on any atom is 0.225 e. The molecule has 0 aromatic carbocycles. The maximum absolute atomic E-state index is 8.88. The first kappa shape index (κ1) is 14.2. The normalized spacial score (nSPS) is 10.6. The Bertz CT molecular complexity index is 545. The van der Waals surface area contributed by atoms with Gasteiger partial charge in [-0.2, -0.15) is 4.98 Å². The average Bonchev–Trinajstić information content (AvgIpc) is 2.45. The molecule has 0 aliphatic rings. The van der Waals surface area contributed by atoms with Crippen molar-refractivity contribution in [2.24, 2.45) is 0 Å². The lowest BCUT2D eigenvalue weighted by Gasteiger charge is -2.12. The molecule has 0 bridgehead atoms. The summed E-state index contributed by atoms with van der Waals surface area (Å²) in [5, 5.41) is 15.1. The Morgan fingerprint density at radius 1 is 1.30 bits per heavy atom. The molecule has 2 rings (SSSR count). The molecular weight excluding hydrogens is 254 g/mol. The van der Waals surface area contributed by atoms with E-state index in [1.165, 1.54) is 0 Å². The Morgan fingerprint density at radius 2 is 2.15 bits per heavy atom. The minimum Gasteiger partial charge on any atom is -0.395 e. The van der Waals surface area contributed by atoms with E-state index in [4.69, 9.17) is 5.11 Å². The summed E-state index contributed by atoms with van der Waals surface area (Å²) >= 11 is 0. The molecule has 0 spiro atoms. The first-order valence-electron chi connectivity index (χ1n) is 6.60. The van der Waals surface area contributed by atoms with Crippen molar-refractivity contribution in [1.82, 2.24) is 15.0 Å². The van der Waals surface area contributed by atoms with Crippen LogP contribution in [-0.2, 0) is 0 Å². The van der Waals surface area contributed by atoms with Crippen LogP contribution in [-0.4, -0.2) is 39.3 Å². The Labute approximate surface area is 118 Å². The predicted molar refractivity (Wildman–Crippen MR) is 79.6 cm³/mol. The zero-order valence-electron chi connectivity index (χ0n) is 11.7. The molecule has 20 heavy (non-hydrogen) atoms. The highest BCUT2D eigenvalue weighted by molar-refractivity contribution is 5.63. The molecule has 0 aliphatic heterocycles. The molecule has 3 N–H and O–H groups in total. The van der Waals surface area contributed by atoms with E-state index in [-0.39, 0.29) is 12.6 Å². The number of hydrogen-bond acceptors (Lipinski definition) is 6. The van der Waals surface area contributed by atoms with E-state index in [9.17, 15) is 0 Å². The van der Waals surface area contributed by atoms with Crippen LogP contribution >= 0.6 is 0 Å². The van der Waals surface area contributed by atoms with Crippen LogP contribution in [0.4, 0.5) is 11.8 Å². The molecule has 0 atom stereocenters. The van der Waals surface area contributed by atoms with Gasteiger partial charge < -0.3 is 15.7 Å². The van der Waals surface area contributed by atoms with Crippen molar-refractivity contribution < 1.29 is 5.11 Å². The fourth-order valence-corrected chi connectivity index (χ4v) is 1.73. The van der Waals surface area contributed by atoms with Crippen molar-refractivity contribution in [3.8, 4) is 11.3 Å². The lowest BCUT2D eigenvalue weighted by Crippen LogP contribution is -2.14. The smallest absolute Gasteiger partial charge is 0.225 e. The van der Waals surface area contributed by atoms with Gasteiger partial charge in [-0.05, 0) is 26.0 Å². The first-order chi connectivity index (χ1) is 9.69. The maximum atomic E-state index is 8.88. The van der Waals surface area contributed by atoms with Crippen molar-refractivity contribution in [2.75, 3.05) is 23.8 Å². The second kappa shape index (κ2) is 6.81. The van der Waals surface area contributed by atoms with Gasteiger partial charge in [0.15, 0.2) is 0 Å². The summed E-state index contributed by atoms with van der Waals surface area (Å²) in [5.74, 6) is 1.23. The standard InChI is InChI=1S/C14H19N5O/c1-10(2)17-13-8-12(11-4-3-5-15-9-11)18-14(19-13)16-6-7-20/h3-5,8-10,20H,6-7H2,1-2H3,(H2,16,17,18,19). The van der Waals surface area contributed by atoms with Crippen LogP contribution in [0.3, 0.4) is 0 Å². The molecular formula is C14H19N5O. The number of nitrogens with one attached hydrogen (secondary N) is 2. The highest BCUT2D eigenvalue weighted by Gasteiger charge is 2.07. The number of rotatable bonds is 6. The molecule has 0 fully saturated rings. The molecule has 0 amide bonds. The van der Waals surface area contributed by atoms with Crippen LogP contribution in [0.2, 0.25) is 0 Å². The summed E-state index contributed by atoms with van der Waals surface area (Å²) in [6.45, 7) is 4.55. The van der Waals surface area contributed by atoms with Crippen molar-refractivity contribution in [2.45, 2.75) is 19.9 Å². The van der Waals surface area contributed by atoms with Crippen LogP contribution < -0.4 is 10.6 Å². The van der Waals surface area contributed by atoms with Gasteiger partial charge in [0, 0.05) is 36.6 Å². The Kier molecular flexibility index (Phi) is 4.84. The molecule has 0 unspecified atom stereocenters. The van der Waals surface area contributed by atoms with E-state index in [1.54, 1.807) is 12.4 Å². The Balaban J connectivity index is 2.34. The van der Waals surface area contributed by atoms with E-state index < -0.39 is 0 Å². The van der Waals surface area contributed by atoms with Gasteiger partial charge in [-0.1, -0.05) is 0 Å². The van der Waals surface area contributed by atoms with Crippen molar-refractivity contribution >= 4 is 11.8 Å². The van der Waals surface area contributed by atoms with E-state index in [0.717, 1.165) is 17.1 Å². The van der Waals surface area contributed by atoms with Gasteiger partial charge in [0.1, 0.15) is 5.82 Å². The molecule has 0 saturated carbocycles. The van der Waals surface area contributed by atoms with Crippen LogP contribution in [0.5, 0.6) is 0 Å². The predicted octanol–water partition coefficient (Wildman–Crippen LogP) is 1.76. The van der Waals surface area contributed by atoms with Gasteiger partial charge in [0.05, 0.1) is 12.3 Å². The molecule has 2 aromatic rings. The molecule has 6 nitrogen and oxygen atoms in total. The second-order valence-electron chi connectivity index (χ2n) is 4.65. The zero-order valence-corrected chi connectivity index (χ0v) is 11.7. The lowest BCUT2D eigenvalue weighted by molar-refractivity contribution is 0.311. The molecule has 0 aliphatic carbocycles. The Hall–Kier alpha value is -2.21. The monoisotopic (exact) mass is 273 g/mol. The van der Waals surface area contributed by atoms with Gasteiger partial charge in [0.2, 0.25) is 5.95 Å². The Morgan fingerprint density at radius 3 is 2.80 bits per heavy atom. The third-order valence-electron chi connectivity index (χ3n) is 2.51. The van der Waals surface area contributed by atoms with Gasteiger partial charge >= 0.3 is 0 Å². The number of aliphatic hydroxyl groups excluding tert-OH is 1. The third-order valence-corrected chi connectivity index (χ3v) is 2.51. The number of pyridine rings is 1. The summed E-state index contributed by atoms with van der Waals surface area (Å²) in [4.78, 5) is 12.9. The summed E-state index contributed by atoms with van der Waals surface area (Å²) in [6.07, 6.45) is 3.49. The largest absolute Gasteiger partial charge is 0.395 e.